The Morgan fingerprint density at radius 2 is 2.39 bits per heavy atom. The van der Waals surface area contributed by atoms with Crippen molar-refractivity contribution < 1.29 is 13.9 Å². The zero-order valence-electron chi connectivity index (χ0n) is 13.2. The number of aromatic nitrogens is 3. The van der Waals surface area contributed by atoms with Gasteiger partial charge in [-0.3, -0.25) is 9.36 Å². The number of carbonyl (C=O) groups is 1. The average Bonchev–Trinajstić information content (AvgIpc) is 3.12. The maximum Gasteiger partial charge on any atom is 0.230 e. The Kier molecular flexibility index (Phi) is 6.42. The third kappa shape index (κ3) is 4.46. The number of carbonyl (C=O) groups excluding carboxylic acids is 1. The summed E-state index contributed by atoms with van der Waals surface area (Å²) in [6, 6.07) is 1.85. The normalized spacial score (nSPS) is 10.7. The molecule has 0 fully saturated rings. The maximum absolute atomic E-state index is 11.8. The molecule has 0 aromatic carbocycles. The number of aryl methyl sites for hydroxylation is 1. The number of rotatable bonds is 9. The maximum atomic E-state index is 11.8. The van der Waals surface area contributed by atoms with Gasteiger partial charge in [-0.15, -0.1) is 16.8 Å². The zero-order chi connectivity index (χ0) is 16.7. The van der Waals surface area contributed by atoms with Gasteiger partial charge >= 0.3 is 0 Å². The molecule has 0 radical (unpaired) electrons. The molecule has 0 atom stereocenters. The van der Waals surface area contributed by atoms with Crippen LogP contribution in [0.3, 0.4) is 0 Å². The van der Waals surface area contributed by atoms with Crippen LogP contribution >= 0.6 is 11.8 Å². The molecule has 0 saturated heterocycles. The van der Waals surface area contributed by atoms with Crippen LogP contribution in [-0.4, -0.2) is 46.7 Å². The molecule has 1 amide bonds. The summed E-state index contributed by atoms with van der Waals surface area (Å²) in [7, 11) is 1.60. The van der Waals surface area contributed by atoms with E-state index in [0.717, 1.165) is 11.3 Å². The molecule has 1 N–H and O–H groups in total. The van der Waals surface area contributed by atoms with Gasteiger partial charge in [0.1, 0.15) is 5.76 Å². The number of allylic oxidation sites excluding steroid dienone is 1. The lowest BCUT2D eigenvalue weighted by molar-refractivity contribution is -0.118. The summed E-state index contributed by atoms with van der Waals surface area (Å²) in [5.41, 5.74) is 0.885. The van der Waals surface area contributed by atoms with Crippen LogP contribution < -0.4 is 5.32 Å². The van der Waals surface area contributed by atoms with Crippen molar-refractivity contribution in [3.05, 3.63) is 30.7 Å². The van der Waals surface area contributed by atoms with Gasteiger partial charge in [-0.25, -0.2) is 0 Å². The molecule has 0 bridgehead atoms. The van der Waals surface area contributed by atoms with E-state index in [1.54, 1.807) is 19.4 Å². The lowest BCUT2D eigenvalue weighted by Crippen LogP contribution is -2.28. The van der Waals surface area contributed by atoms with E-state index in [-0.39, 0.29) is 11.7 Å². The summed E-state index contributed by atoms with van der Waals surface area (Å²) in [5, 5.41) is 11.8. The molecule has 0 aliphatic heterocycles. The Hall–Kier alpha value is -2.06. The number of nitrogens with one attached hydrogen (secondary N) is 1. The van der Waals surface area contributed by atoms with Crippen LogP contribution in [-0.2, 0) is 16.1 Å². The molecule has 8 heteroatoms. The molecular weight excluding hydrogens is 316 g/mol. The fraction of sp³-hybridized carbons (Fsp3) is 0.400. The van der Waals surface area contributed by atoms with Gasteiger partial charge in [0.15, 0.2) is 11.0 Å². The Morgan fingerprint density at radius 3 is 3.04 bits per heavy atom. The molecule has 0 aliphatic rings. The lowest BCUT2D eigenvalue weighted by atomic mass is 10.2. The average molecular weight is 336 g/mol. The molecule has 2 aromatic rings. The summed E-state index contributed by atoms with van der Waals surface area (Å²) in [5.74, 6) is 1.68. The minimum Gasteiger partial charge on any atom is -0.469 e. The topological polar surface area (TPSA) is 82.2 Å². The molecule has 2 rings (SSSR count). The highest BCUT2D eigenvalue weighted by atomic mass is 32.2. The summed E-state index contributed by atoms with van der Waals surface area (Å²) < 4.78 is 12.1. The molecule has 7 nitrogen and oxygen atoms in total. The smallest absolute Gasteiger partial charge is 0.230 e. The number of methoxy groups -OCH3 is 1. The SMILES string of the molecule is C=CCn1c(SCC(=O)NCCOC)nnc1-c1ccoc1C. The van der Waals surface area contributed by atoms with Crippen LogP contribution in [0.5, 0.6) is 0 Å². The molecule has 0 unspecified atom stereocenters. The number of furan rings is 1. The first kappa shape index (κ1) is 17.3. The van der Waals surface area contributed by atoms with Crippen LogP contribution in [0.15, 0.2) is 34.6 Å². The van der Waals surface area contributed by atoms with E-state index < -0.39 is 0 Å². The molecule has 0 aliphatic carbocycles. The highest BCUT2D eigenvalue weighted by molar-refractivity contribution is 7.99. The summed E-state index contributed by atoms with van der Waals surface area (Å²) in [6.07, 6.45) is 3.39. The Morgan fingerprint density at radius 1 is 1.57 bits per heavy atom. The molecule has 2 heterocycles. The van der Waals surface area contributed by atoms with Crippen LogP contribution in [0, 0.1) is 6.92 Å². The first-order valence-electron chi connectivity index (χ1n) is 7.14. The van der Waals surface area contributed by atoms with E-state index in [4.69, 9.17) is 9.15 Å². The summed E-state index contributed by atoms with van der Waals surface area (Å²) in [4.78, 5) is 11.8. The third-order valence-electron chi connectivity index (χ3n) is 3.09. The molecule has 0 spiro atoms. The van der Waals surface area contributed by atoms with Gasteiger partial charge in [0.25, 0.3) is 0 Å². The molecular formula is C15H20N4O3S. The number of amides is 1. The molecule has 124 valence electrons. The third-order valence-corrected chi connectivity index (χ3v) is 4.06. The van der Waals surface area contributed by atoms with Gasteiger partial charge in [0, 0.05) is 20.2 Å². The number of ether oxygens (including phenoxy) is 1. The van der Waals surface area contributed by atoms with Gasteiger partial charge in [0.2, 0.25) is 5.91 Å². The minimum absolute atomic E-state index is 0.0683. The van der Waals surface area contributed by atoms with E-state index >= 15 is 0 Å². The Bertz CT molecular complexity index is 665. The molecule has 0 saturated carbocycles. The summed E-state index contributed by atoms with van der Waals surface area (Å²) in [6.45, 7) is 7.18. The van der Waals surface area contributed by atoms with Crippen molar-refractivity contribution in [3.8, 4) is 11.4 Å². The van der Waals surface area contributed by atoms with Crippen molar-refractivity contribution in [2.24, 2.45) is 0 Å². The fourth-order valence-corrected chi connectivity index (χ4v) is 2.76. The van der Waals surface area contributed by atoms with E-state index in [0.29, 0.717) is 30.7 Å². The minimum atomic E-state index is -0.0683. The van der Waals surface area contributed by atoms with Gasteiger partial charge < -0.3 is 14.5 Å². The van der Waals surface area contributed by atoms with Crippen LogP contribution in [0.2, 0.25) is 0 Å². The predicted octanol–water partition coefficient (Wildman–Crippen LogP) is 1.89. The van der Waals surface area contributed by atoms with Gasteiger partial charge in [-0.2, -0.15) is 0 Å². The van der Waals surface area contributed by atoms with Crippen molar-refractivity contribution >= 4 is 17.7 Å². The van der Waals surface area contributed by atoms with Gasteiger partial charge in [-0.1, -0.05) is 17.8 Å². The fourth-order valence-electron chi connectivity index (χ4n) is 1.98. The van der Waals surface area contributed by atoms with Crippen molar-refractivity contribution in [2.75, 3.05) is 26.0 Å². The second-order valence-corrected chi connectivity index (χ2v) is 5.67. The monoisotopic (exact) mass is 336 g/mol. The van der Waals surface area contributed by atoms with Crippen LogP contribution in [0.25, 0.3) is 11.4 Å². The number of hydrogen-bond acceptors (Lipinski definition) is 6. The second kappa shape index (κ2) is 8.54. The van der Waals surface area contributed by atoms with E-state index in [2.05, 4.69) is 22.1 Å². The second-order valence-electron chi connectivity index (χ2n) is 4.73. The number of thioether (sulfide) groups is 1. The highest BCUT2D eigenvalue weighted by Crippen LogP contribution is 2.26. The number of nitrogens with zero attached hydrogens (tertiary/aromatic N) is 3. The quantitative estimate of drug-likeness (QED) is 0.428. The molecule has 23 heavy (non-hydrogen) atoms. The Labute approximate surface area is 139 Å². The van der Waals surface area contributed by atoms with Crippen molar-refractivity contribution in [3.63, 3.8) is 0 Å². The van der Waals surface area contributed by atoms with Crippen molar-refractivity contribution in [1.29, 1.82) is 0 Å². The summed E-state index contributed by atoms with van der Waals surface area (Å²) >= 11 is 1.34. The first-order valence-corrected chi connectivity index (χ1v) is 8.13. The molecule has 2 aromatic heterocycles. The van der Waals surface area contributed by atoms with E-state index in [1.807, 2.05) is 17.6 Å². The highest BCUT2D eigenvalue weighted by Gasteiger charge is 2.17. The van der Waals surface area contributed by atoms with Gasteiger partial charge in [0.05, 0.1) is 24.2 Å². The Balaban J connectivity index is 2.07. The van der Waals surface area contributed by atoms with E-state index in [9.17, 15) is 4.79 Å². The number of hydrogen-bond donors (Lipinski definition) is 1. The standard InChI is InChI=1S/C15H20N4O3S/c1-4-7-19-14(12-5-8-22-11(12)2)17-18-15(19)23-10-13(20)16-6-9-21-3/h4-5,8H,1,6-7,9-10H2,2-3H3,(H,16,20). The zero-order valence-corrected chi connectivity index (χ0v) is 14.1. The van der Waals surface area contributed by atoms with Crippen LogP contribution in [0.1, 0.15) is 5.76 Å². The van der Waals surface area contributed by atoms with Crippen molar-refractivity contribution in [1.82, 2.24) is 20.1 Å². The first-order chi connectivity index (χ1) is 11.2. The van der Waals surface area contributed by atoms with Crippen molar-refractivity contribution in [2.45, 2.75) is 18.6 Å². The van der Waals surface area contributed by atoms with Crippen LogP contribution in [0.4, 0.5) is 0 Å². The van der Waals surface area contributed by atoms with Gasteiger partial charge in [-0.05, 0) is 13.0 Å². The predicted molar refractivity (Wildman–Crippen MR) is 88.3 cm³/mol. The lowest BCUT2D eigenvalue weighted by Gasteiger charge is -2.07. The largest absolute Gasteiger partial charge is 0.469 e. The van der Waals surface area contributed by atoms with E-state index in [1.165, 1.54) is 11.8 Å².